The summed E-state index contributed by atoms with van der Waals surface area (Å²) in [7, 11) is 0. The molecule has 5 heteroatoms. The van der Waals surface area contributed by atoms with Crippen molar-refractivity contribution < 1.29 is 4.79 Å². The van der Waals surface area contributed by atoms with Gasteiger partial charge in [0.2, 0.25) is 0 Å². The van der Waals surface area contributed by atoms with Gasteiger partial charge < -0.3 is 4.90 Å². The van der Waals surface area contributed by atoms with E-state index in [-0.39, 0.29) is 5.91 Å². The first-order valence-corrected chi connectivity index (χ1v) is 9.60. The Labute approximate surface area is 139 Å². The highest BCUT2D eigenvalue weighted by atomic mass is 32.2. The van der Waals surface area contributed by atoms with E-state index in [2.05, 4.69) is 21.7 Å². The zero-order valence-corrected chi connectivity index (χ0v) is 14.3. The summed E-state index contributed by atoms with van der Waals surface area (Å²) in [5, 5.41) is 4.32. The Kier molecular flexibility index (Phi) is 5.18. The van der Waals surface area contributed by atoms with E-state index in [9.17, 15) is 4.79 Å². The molecule has 1 aromatic heterocycles. The molecule has 1 fully saturated rings. The lowest BCUT2D eigenvalue weighted by Gasteiger charge is -2.34. The largest absolute Gasteiger partial charge is 0.336 e. The van der Waals surface area contributed by atoms with Crippen molar-refractivity contribution in [1.29, 1.82) is 0 Å². The normalized spacial score (nSPS) is 16.0. The fourth-order valence-corrected chi connectivity index (χ4v) is 3.99. The average Bonchev–Trinajstić information content (AvgIpc) is 3.08. The molecule has 116 valence electrons. The first kappa shape index (κ1) is 15.6. The summed E-state index contributed by atoms with van der Waals surface area (Å²) in [5.74, 6) is 0.167. The van der Waals surface area contributed by atoms with Crippen LogP contribution in [0.5, 0.6) is 0 Å². The van der Waals surface area contributed by atoms with E-state index >= 15 is 0 Å². The predicted octanol–water partition coefficient (Wildman–Crippen LogP) is 3.43. The van der Waals surface area contributed by atoms with Gasteiger partial charge in [0.05, 0.1) is 5.56 Å². The second-order valence-electron chi connectivity index (χ2n) is 5.40. The van der Waals surface area contributed by atoms with Crippen LogP contribution in [-0.2, 0) is 6.54 Å². The topological polar surface area (TPSA) is 23.6 Å². The van der Waals surface area contributed by atoms with Crippen molar-refractivity contribution in [3.63, 3.8) is 0 Å². The van der Waals surface area contributed by atoms with Crippen LogP contribution in [0.3, 0.4) is 0 Å². The third kappa shape index (κ3) is 3.54. The molecule has 0 unspecified atom stereocenters. The molecule has 3 nitrogen and oxygen atoms in total. The Morgan fingerprint density at radius 1 is 1.18 bits per heavy atom. The molecule has 1 aliphatic heterocycles. The lowest BCUT2D eigenvalue weighted by atomic mass is 10.1. The number of hydrogen-bond donors (Lipinski definition) is 0. The minimum atomic E-state index is 0.167. The fourth-order valence-electron chi connectivity index (χ4n) is 2.74. The zero-order valence-electron chi connectivity index (χ0n) is 12.7. The lowest BCUT2D eigenvalue weighted by molar-refractivity contribution is 0.0625. The third-order valence-electron chi connectivity index (χ3n) is 3.98. The van der Waals surface area contributed by atoms with Gasteiger partial charge in [0, 0.05) is 37.6 Å². The Hall–Kier alpha value is -1.30. The van der Waals surface area contributed by atoms with E-state index in [4.69, 9.17) is 0 Å². The Balaban J connectivity index is 1.60. The molecule has 1 amide bonds. The zero-order chi connectivity index (χ0) is 15.4. The molecule has 22 heavy (non-hydrogen) atoms. The van der Waals surface area contributed by atoms with Gasteiger partial charge in [-0.3, -0.25) is 9.69 Å². The van der Waals surface area contributed by atoms with Crippen LogP contribution in [0.4, 0.5) is 0 Å². The van der Waals surface area contributed by atoms with Crippen LogP contribution in [-0.4, -0.2) is 48.1 Å². The smallest absolute Gasteiger partial charge is 0.255 e. The average molecular weight is 332 g/mol. The van der Waals surface area contributed by atoms with Crippen molar-refractivity contribution in [2.24, 2.45) is 0 Å². The number of carbonyl (C=O) groups excluding carboxylic acids is 1. The Morgan fingerprint density at radius 3 is 2.64 bits per heavy atom. The second kappa shape index (κ2) is 7.31. The van der Waals surface area contributed by atoms with Crippen molar-refractivity contribution in [1.82, 2.24) is 9.80 Å². The first-order valence-electron chi connectivity index (χ1n) is 7.43. The maximum Gasteiger partial charge on any atom is 0.255 e. The maximum absolute atomic E-state index is 12.7. The van der Waals surface area contributed by atoms with Gasteiger partial charge in [-0.05, 0) is 40.8 Å². The van der Waals surface area contributed by atoms with Crippen molar-refractivity contribution in [3.05, 3.63) is 52.2 Å². The van der Waals surface area contributed by atoms with Crippen LogP contribution in [0.2, 0.25) is 0 Å². The van der Waals surface area contributed by atoms with Crippen LogP contribution < -0.4 is 0 Å². The molecule has 0 N–H and O–H groups in total. The van der Waals surface area contributed by atoms with Gasteiger partial charge in [-0.1, -0.05) is 12.1 Å². The van der Waals surface area contributed by atoms with E-state index in [1.165, 1.54) is 5.56 Å². The molecular weight excluding hydrogens is 312 g/mol. The molecule has 0 aliphatic carbocycles. The maximum atomic E-state index is 12.7. The molecule has 1 aromatic carbocycles. The van der Waals surface area contributed by atoms with E-state index < -0.39 is 0 Å². The number of piperazine rings is 1. The summed E-state index contributed by atoms with van der Waals surface area (Å²) in [5.41, 5.74) is 2.21. The quantitative estimate of drug-likeness (QED) is 0.802. The number of amides is 1. The third-order valence-corrected chi connectivity index (χ3v) is 5.51. The molecule has 1 saturated heterocycles. The fraction of sp³-hybridized carbons (Fsp3) is 0.353. The van der Waals surface area contributed by atoms with Crippen molar-refractivity contribution in [2.45, 2.75) is 11.4 Å². The number of carbonyl (C=O) groups is 1. The van der Waals surface area contributed by atoms with Gasteiger partial charge in [-0.2, -0.15) is 11.3 Å². The molecule has 0 spiro atoms. The van der Waals surface area contributed by atoms with E-state index in [1.807, 2.05) is 35.4 Å². The number of nitrogens with zero attached hydrogens (tertiary/aromatic N) is 2. The summed E-state index contributed by atoms with van der Waals surface area (Å²) >= 11 is 3.38. The summed E-state index contributed by atoms with van der Waals surface area (Å²) in [4.78, 5) is 18.2. The standard InChI is InChI=1S/C17H20N2OS2/c1-21-16-5-3-2-4-15(16)17(20)19-9-7-18(8-10-19)12-14-6-11-22-13-14/h2-6,11,13H,7-10,12H2,1H3. The molecule has 3 rings (SSSR count). The number of rotatable bonds is 4. The number of thioether (sulfide) groups is 1. The predicted molar refractivity (Wildman–Crippen MR) is 93.7 cm³/mol. The van der Waals surface area contributed by atoms with Crippen LogP contribution in [0.15, 0.2) is 46.0 Å². The molecule has 0 atom stereocenters. The van der Waals surface area contributed by atoms with Gasteiger partial charge >= 0.3 is 0 Å². The van der Waals surface area contributed by atoms with Crippen LogP contribution in [0.1, 0.15) is 15.9 Å². The molecule has 0 bridgehead atoms. The molecule has 0 radical (unpaired) electrons. The summed E-state index contributed by atoms with van der Waals surface area (Å²) in [6.07, 6.45) is 2.02. The van der Waals surface area contributed by atoms with Crippen LogP contribution in [0, 0.1) is 0 Å². The van der Waals surface area contributed by atoms with E-state index in [0.717, 1.165) is 43.2 Å². The highest BCUT2D eigenvalue weighted by molar-refractivity contribution is 7.98. The number of benzene rings is 1. The number of thiophene rings is 1. The highest BCUT2D eigenvalue weighted by Crippen LogP contribution is 2.22. The van der Waals surface area contributed by atoms with E-state index in [1.54, 1.807) is 23.1 Å². The first-order chi connectivity index (χ1) is 10.8. The van der Waals surface area contributed by atoms with Gasteiger partial charge in [-0.15, -0.1) is 11.8 Å². The Morgan fingerprint density at radius 2 is 1.95 bits per heavy atom. The van der Waals surface area contributed by atoms with Crippen molar-refractivity contribution >= 4 is 29.0 Å². The van der Waals surface area contributed by atoms with Crippen LogP contribution in [0.25, 0.3) is 0 Å². The van der Waals surface area contributed by atoms with Crippen molar-refractivity contribution in [3.8, 4) is 0 Å². The van der Waals surface area contributed by atoms with E-state index in [0.29, 0.717) is 0 Å². The molecule has 2 heterocycles. The van der Waals surface area contributed by atoms with Gasteiger partial charge in [0.1, 0.15) is 0 Å². The summed E-state index contributed by atoms with van der Waals surface area (Å²) in [6.45, 7) is 4.51. The lowest BCUT2D eigenvalue weighted by Crippen LogP contribution is -2.48. The minimum Gasteiger partial charge on any atom is -0.336 e. The number of hydrogen-bond acceptors (Lipinski definition) is 4. The highest BCUT2D eigenvalue weighted by Gasteiger charge is 2.23. The van der Waals surface area contributed by atoms with Gasteiger partial charge in [0.15, 0.2) is 0 Å². The molecule has 1 aliphatic rings. The summed E-state index contributed by atoms with van der Waals surface area (Å²) < 4.78 is 0. The van der Waals surface area contributed by atoms with Crippen LogP contribution >= 0.6 is 23.1 Å². The van der Waals surface area contributed by atoms with Gasteiger partial charge in [0.25, 0.3) is 5.91 Å². The SMILES string of the molecule is CSc1ccccc1C(=O)N1CCN(Cc2ccsc2)CC1. The molecular formula is C17H20N2OS2. The van der Waals surface area contributed by atoms with Gasteiger partial charge in [-0.25, -0.2) is 0 Å². The minimum absolute atomic E-state index is 0.167. The summed E-state index contributed by atoms with van der Waals surface area (Å²) in [6, 6.07) is 10.1. The molecule has 2 aromatic rings. The second-order valence-corrected chi connectivity index (χ2v) is 7.03. The monoisotopic (exact) mass is 332 g/mol. The Bertz CT molecular complexity index is 619. The van der Waals surface area contributed by atoms with Crippen molar-refractivity contribution in [2.75, 3.05) is 32.4 Å². The molecule has 0 saturated carbocycles.